The Kier molecular flexibility index (Phi) is 3.69. The summed E-state index contributed by atoms with van der Waals surface area (Å²) >= 11 is 0. The first kappa shape index (κ1) is 13.7. The lowest BCUT2D eigenvalue weighted by molar-refractivity contribution is -0.111. The van der Waals surface area contributed by atoms with Gasteiger partial charge in [-0.15, -0.1) is 0 Å². The number of Topliss-reactive ketones (excluding diaryl/α,β-unsaturated/α-hetero) is 1. The van der Waals surface area contributed by atoms with Gasteiger partial charge in [0.2, 0.25) is 0 Å². The van der Waals surface area contributed by atoms with Crippen LogP contribution in [-0.2, 0) is 4.79 Å². The monoisotopic (exact) mass is 259 g/mol. The molecular formula is C15H21N3O. The molecule has 19 heavy (non-hydrogen) atoms. The molecule has 0 fully saturated rings. The van der Waals surface area contributed by atoms with Gasteiger partial charge in [-0.05, 0) is 12.0 Å². The minimum Gasteiger partial charge on any atom is -0.377 e. The Balaban J connectivity index is 2.73. The number of hydrogen-bond acceptors (Lipinski definition) is 4. The van der Waals surface area contributed by atoms with Crippen LogP contribution in [0, 0.1) is 5.92 Å². The Morgan fingerprint density at radius 1 is 1.37 bits per heavy atom. The van der Waals surface area contributed by atoms with Crippen molar-refractivity contribution in [3.8, 4) is 0 Å². The first-order valence-electron chi connectivity index (χ1n) is 6.65. The lowest BCUT2D eigenvalue weighted by atomic mass is 9.89. The van der Waals surface area contributed by atoms with Crippen LogP contribution in [0.2, 0.25) is 0 Å². The molecule has 1 aliphatic rings. The van der Waals surface area contributed by atoms with Crippen molar-refractivity contribution in [1.29, 1.82) is 0 Å². The van der Waals surface area contributed by atoms with E-state index in [1.165, 1.54) is 0 Å². The average molecular weight is 259 g/mol. The number of pyridine rings is 1. The highest BCUT2D eigenvalue weighted by atomic mass is 16.1. The first-order valence-corrected chi connectivity index (χ1v) is 6.65. The highest BCUT2D eigenvalue weighted by molar-refractivity contribution is 6.46. The third kappa shape index (κ3) is 2.39. The van der Waals surface area contributed by atoms with E-state index in [1.807, 2.05) is 31.3 Å². The summed E-state index contributed by atoms with van der Waals surface area (Å²) in [5.74, 6) is 0.703. The Morgan fingerprint density at radius 2 is 2.05 bits per heavy atom. The van der Waals surface area contributed by atoms with Gasteiger partial charge in [-0.25, -0.2) is 0 Å². The molecular weight excluding hydrogens is 238 g/mol. The number of hydrogen-bond donors (Lipinski definition) is 0. The van der Waals surface area contributed by atoms with Gasteiger partial charge >= 0.3 is 0 Å². The highest BCUT2D eigenvalue weighted by Gasteiger charge is 2.28. The zero-order valence-electron chi connectivity index (χ0n) is 12.3. The topological polar surface area (TPSA) is 45.6 Å². The van der Waals surface area contributed by atoms with Crippen molar-refractivity contribution in [1.82, 2.24) is 4.98 Å². The molecule has 1 aromatic rings. The third-order valence-corrected chi connectivity index (χ3v) is 3.83. The second kappa shape index (κ2) is 5.11. The van der Waals surface area contributed by atoms with Crippen LogP contribution in [0.4, 0.5) is 5.69 Å². The van der Waals surface area contributed by atoms with Crippen LogP contribution in [0.15, 0.2) is 17.3 Å². The largest absolute Gasteiger partial charge is 0.377 e. The maximum Gasteiger partial charge on any atom is 0.178 e. The average Bonchev–Trinajstić information content (AvgIpc) is 2.48. The van der Waals surface area contributed by atoms with Crippen LogP contribution in [0.1, 0.15) is 37.9 Å². The summed E-state index contributed by atoms with van der Waals surface area (Å²) in [6.45, 7) is 6.58. The number of rotatable bonds is 2. The summed E-state index contributed by atoms with van der Waals surface area (Å²) < 4.78 is 0. The predicted molar refractivity (Wildman–Crippen MR) is 78.2 cm³/mol. The van der Waals surface area contributed by atoms with Crippen LogP contribution < -0.4 is 4.90 Å². The summed E-state index contributed by atoms with van der Waals surface area (Å²) in [5.41, 5.74) is 3.49. The molecule has 0 saturated carbocycles. The summed E-state index contributed by atoms with van der Waals surface area (Å²) in [5, 5.41) is 0. The standard InChI is InChI=1S/C15H21N3O/c1-9-8-17-15(11(3)19)13-12(18(4)5)6-7-16-14(13)10(9)2/h6-7,9-10H,8H2,1-5H3. The molecule has 0 aromatic carbocycles. The van der Waals surface area contributed by atoms with Crippen molar-refractivity contribution < 1.29 is 4.79 Å². The van der Waals surface area contributed by atoms with E-state index in [0.29, 0.717) is 24.1 Å². The molecule has 0 aliphatic carbocycles. The fraction of sp³-hybridized carbons (Fsp3) is 0.533. The van der Waals surface area contributed by atoms with Gasteiger partial charge in [0.05, 0.1) is 5.69 Å². The summed E-state index contributed by atoms with van der Waals surface area (Å²) in [7, 11) is 3.96. The fourth-order valence-electron chi connectivity index (χ4n) is 2.46. The molecule has 2 unspecified atom stereocenters. The van der Waals surface area contributed by atoms with Crippen molar-refractivity contribution in [3.63, 3.8) is 0 Å². The molecule has 0 bridgehead atoms. The van der Waals surface area contributed by atoms with E-state index in [9.17, 15) is 4.79 Å². The Labute approximate surface area is 114 Å². The molecule has 1 aliphatic heterocycles. The van der Waals surface area contributed by atoms with Crippen LogP contribution in [0.3, 0.4) is 0 Å². The van der Waals surface area contributed by atoms with Gasteiger partial charge < -0.3 is 4.90 Å². The van der Waals surface area contributed by atoms with Crippen molar-refractivity contribution in [2.75, 3.05) is 25.5 Å². The summed E-state index contributed by atoms with van der Waals surface area (Å²) in [6.07, 6.45) is 1.82. The number of carbonyl (C=O) groups is 1. The maximum atomic E-state index is 11.9. The van der Waals surface area contributed by atoms with Gasteiger partial charge in [0.15, 0.2) is 5.78 Å². The van der Waals surface area contributed by atoms with E-state index in [0.717, 1.165) is 16.9 Å². The SMILES string of the molecule is CC(=O)C1=NCC(C)C(C)c2nccc(N(C)C)c21. The van der Waals surface area contributed by atoms with Crippen LogP contribution in [0.5, 0.6) is 0 Å². The van der Waals surface area contributed by atoms with E-state index in [-0.39, 0.29) is 5.78 Å². The minimum atomic E-state index is 0.0126. The lowest BCUT2D eigenvalue weighted by Crippen LogP contribution is -2.21. The number of aliphatic imine (C=N–C) groups is 1. The van der Waals surface area contributed by atoms with Crippen LogP contribution in [0.25, 0.3) is 0 Å². The number of aromatic nitrogens is 1. The first-order chi connectivity index (χ1) is 8.93. The van der Waals surface area contributed by atoms with E-state index in [4.69, 9.17) is 0 Å². The van der Waals surface area contributed by atoms with Gasteiger partial charge in [-0.3, -0.25) is 14.8 Å². The van der Waals surface area contributed by atoms with Crippen molar-refractivity contribution in [2.24, 2.45) is 10.9 Å². The molecule has 102 valence electrons. The number of carbonyl (C=O) groups excluding carboxylic acids is 1. The second-order valence-electron chi connectivity index (χ2n) is 5.50. The van der Waals surface area contributed by atoms with Gasteiger partial charge in [-0.1, -0.05) is 13.8 Å². The molecule has 2 atom stereocenters. The molecule has 0 saturated heterocycles. The Hall–Kier alpha value is -1.71. The quantitative estimate of drug-likeness (QED) is 0.818. The van der Waals surface area contributed by atoms with Gasteiger partial charge in [0.25, 0.3) is 0 Å². The third-order valence-electron chi connectivity index (χ3n) is 3.83. The normalized spacial score (nSPS) is 22.3. The molecule has 0 spiro atoms. The molecule has 2 rings (SSSR count). The number of anilines is 1. The Bertz CT molecular complexity index is 534. The smallest absolute Gasteiger partial charge is 0.178 e. The van der Waals surface area contributed by atoms with Gasteiger partial charge in [-0.2, -0.15) is 0 Å². The van der Waals surface area contributed by atoms with E-state index >= 15 is 0 Å². The number of nitrogens with zero attached hydrogens (tertiary/aromatic N) is 3. The van der Waals surface area contributed by atoms with Crippen LogP contribution >= 0.6 is 0 Å². The lowest BCUT2D eigenvalue weighted by Gasteiger charge is -2.22. The zero-order chi connectivity index (χ0) is 14.2. The zero-order valence-corrected chi connectivity index (χ0v) is 12.3. The van der Waals surface area contributed by atoms with Crippen molar-refractivity contribution in [2.45, 2.75) is 26.7 Å². The summed E-state index contributed by atoms with van der Waals surface area (Å²) in [4.78, 5) is 23.0. The van der Waals surface area contributed by atoms with E-state index in [2.05, 4.69) is 23.8 Å². The van der Waals surface area contributed by atoms with Gasteiger partial charge in [0, 0.05) is 50.9 Å². The second-order valence-corrected chi connectivity index (χ2v) is 5.50. The van der Waals surface area contributed by atoms with Gasteiger partial charge in [0.1, 0.15) is 5.71 Å². The number of ketones is 1. The molecule has 1 aromatic heterocycles. The van der Waals surface area contributed by atoms with E-state index < -0.39 is 0 Å². The maximum absolute atomic E-state index is 11.9. The minimum absolute atomic E-state index is 0.0126. The predicted octanol–water partition coefficient (Wildman–Crippen LogP) is 2.28. The molecule has 0 N–H and O–H groups in total. The molecule has 4 nitrogen and oxygen atoms in total. The van der Waals surface area contributed by atoms with E-state index in [1.54, 1.807) is 6.92 Å². The molecule has 0 amide bonds. The fourth-order valence-corrected chi connectivity index (χ4v) is 2.46. The highest BCUT2D eigenvalue weighted by Crippen LogP contribution is 2.33. The Morgan fingerprint density at radius 3 is 2.63 bits per heavy atom. The number of fused-ring (bicyclic) bond motifs is 1. The molecule has 4 heteroatoms. The van der Waals surface area contributed by atoms with Crippen molar-refractivity contribution >= 4 is 17.2 Å². The van der Waals surface area contributed by atoms with Crippen molar-refractivity contribution in [3.05, 3.63) is 23.5 Å². The molecule has 2 heterocycles. The summed E-state index contributed by atoms with van der Waals surface area (Å²) in [6, 6.07) is 1.94. The molecule has 0 radical (unpaired) electrons. The van der Waals surface area contributed by atoms with Crippen LogP contribution in [-0.4, -0.2) is 37.1 Å².